The van der Waals surface area contributed by atoms with E-state index in [2.05, 4.69) is 21.2 Å². The van der Waals surface area contributed by atoms with E-state index >= 15 is 0 Å². The highest BCUT2D eigenvalue weighted by Gasteiger charge is 2.40. The lowest BCUT2D eigenvalue weighted by Gasteiger charge is -2.12. The summed E-state index contributed by atoms with van der Waals surface area (Å²) < 4.78 is 5.16. The summed E-state index contributed by atoms with van der Waals surface area (Å²) in [6.07, 6.45) is 0. The first kappa shape index (κ1) is 12.1. The minimum atomic E-state index is -0.497. The van der Waals surface area contributed by atoms with Crippen molar-refractivity contribution in [3.05, 3.63) is 29.3 Å². The second-order valence-corrected chi connectivity index (χ2v) is 4.95. The molecular weight excluding hydrogens is 286 g/mol. The lowest BCUT2D eigenvalue weighted by molar-refractivity contribution is -0.125. The molecule has 4 nitrogen and oxygen atoms in total. The zero-order valence-corrected chi connectivity index (χ0v) is 11.1. The Balaban J connectivity index is 2.38. The molecule has 1 aliphatic rings. The fraction of sp³-hybridized carbons (Fsp3) is 0.333. The van der Waals surface area contributed by atoms with Gasteiger partial charge in [-0.2, -0.15) is 0 Å². The van der Waals surface area contributed by atoms with Gasteiger partial charge in [0.25, 0.3) is 0 Å². The number of hydrogen-bond acceptors (Lipinski definition) is 3. The summed E-state index contributed by atoms with van der Waals surface area (Å²) in [4.78, 5) is 22.5. The van der Waals surface area contributed by atoms with Crippen molar-refractivity contribution >= 4 is 27.7 Å². The van der Waals surface area contributed by atoms with Gasteiger partial charge in [-0.05, 0) is 24.1 Å². The van der Waals surface area contributed by atoms with Gasteiger partial charge in [0, 0.05) is 0 Å². The number of imide groups is 1. The molecular formula is C12H12BrNO3. The van der Waals surface area contributed by atoms with Crippen LogP contribution < -0.4 is 10.1 Å². The van der Waals surface area contributed by atoms with Crippen molar-refractivity contribution in [2.75, 3.05) is 7.11 Å². The highest BCUT2D eigenvalue weighted by atomic mass is 79.9. The van der Waals surface area contributed by atoms with Crippen LogP contribution in [0.1, 0.15) is 17.0 Å². The van der Waals surface area contributed by atoms with E-state index in [1.54, 1.807) is 13.2 Å². The summed E-state index contributed by atoms with van der Waals surface area (Å²) in [6, 6.07) is 5.49. The quantitative estimate of drug-likeness (QED) is 0.665. The third-order valence-corrected chi connectivity index (χ3v) is 3.79. The highest BCUT2D eigenvalue weighted by Crippen LogP contribution is 2.32. The van der Waals surface area contributed by atoms with Crippen LogP contribution in [0.15, 0.2) is 18.2 Å². The van der Waals surface area contributed by atoms with Crippen LogP contribution in [-0.2, 0) is 9.59 Å². The van der Waals surface area contributed by atoms with Gasteiger partial charge < -0.3 is 4.74 Å². The summed E-state index contributed by atoms with van der Waals surface area (Å²) in [5, 5.41) is 2.31. The molecule has 0 aromatic heterocycles. The van der Waals surface area contributed by atoms with Gasteiger partial charge in [0.15, 0.2) is 0 Å². The topological polar surface area (TPSA) is 55.4 Å². The molecule has 5 heteroatoms. The minimum absolute atomic E-state index is 0.263. The standard InChI is InChI=1S/C12H12BrNO3/c1-6-5-7(3-4-8(6)17-2)9-10(13)12(16)14-11(9)15/h3-5,9-10H,1-2H3,(H,14,15,16). The van der Waals surface area contributed by atoms with Crippen molar-refractivity contribution in [1.82, 2.24) is 5.32 Å². The van der Waals surface area contributed by atoms with E-state index in [-0.39, 0.29) is 11.8 Å². The lowest BCUT2D eigenvalue weighted by Crippen LogP contribution is -2.22. The van der Waals surface area contributed by atoms with Gasteiger partial charge in [0.1, 0.15) is 10.6 Å². The maximum atomic E-state index is 11.7. The number of rotatable bonds is 2. The van der Waals surface area contributed by atoms with Crippen LogP contribution >= 0.6 is 15.9 Å². The predicted octanol–water partition coefficient (Wildman–Crippen LogP) is 1.51. The number of halogens is 1. The van der Waals surface area contributed by atoms with Gasteiger partial charge in [-0.15, -0.1) is 0 Å². The van der Waals surface area contributed by atoms with E-state index in [1.165, 1.54) is 0 Å². The average Bonchev–Trinajstić information content (AvgIpc) is 2.53. The normalized spacial score (nSPS) is 23.7. The molecule has 1 aromatic rings. The second-order valence-electron chi connectivity index (χ2n) is 3.96. The van der Waals surface area contributed by atoms with Crippen LogP contribution in [-0.4, -0.2) is 23.8 Å². The van der Waals surface area contributed by atoms with Crippen LogP contribution in [0.2, 0.25) is 0 Å². The van der Waals surface area contributed by atoms with E-state index in [0.717, 1.165) is 16.9 Å². The summed E-state index contributed by atoms with van der Waals surface area (Å²) in [7, 11) is 1.60. The number of benzene rings is 1. The number of amides is 2. The molecule has 1 aromatic carbocycles. The van der Waals surface area contributed by atoms with E-state index in [4.69, 9.17) is 4.74 Å². The Morgan fingerprint density at radius 2 is 2.00 bits per heavy atom. The number of methoxy groups -OCH3 is 1. The molecule has 1 aliphatic heterocycles. The van der Waals surface area contributed by atoms with Crippen molar-refractivity contribution in [1.29, 1.82) is 0 Å². The average molecular weight is 298 g/mol. The van der Waals surface area contributed by atoms with Crippen molar-refractivity contribution < 1.29 is 14.3 Å². The van der Waals surface area contributed by atoms with Crippen molar-refractivity contribution in [2.24, 2.45) is 0 Å². The Kier molecular flexibility index (Phi) is 3.19. The minimum Gasteiger partial charge on any atom is -0.496 e. The number of carbonyl (C=O) groups is 2. The number of ether oxygens (including phenoxy) is 1. The molecule has 0 bridgehead atoms. The largest absolute Gasteiger partial charge is 0.496 e. The molecule has 0 saturated carbocycles. The molecule has 0 aliphatic carbocycles. The fourth-order valence-corrected chi connectivity index (χ4v) is 2.63. The van der Waals surface area contributed by atoms with Crippen LogP contribution in [0.4, 0.5) is 0 Å². The Hall–Kier alpha value is -1.36. The van der Waals surface area contributed by atoms with Crippen molar-refractivity contribution in [2.45, 2.75) is 17.7 Å². The zero-order chi connectivity index (χ0) is 12.6. The van der Waals surface area contributed by atoms with Crippen molar-refractivity contribution in [3.8, 4) is 5.75 Å². The molecule has 2 atom stereocenters. The number of nitrogens with one attached hydrogen (secondary N) is 1. The summed E-state index contributed by atoms with van der Waals surface area (Å²) in [5.74, 6) is -0.244. The third kappa shape index (κ3) is 2.07. The zero-order valence-electron chi connectivity index (χ0n) is 9.49. The molecule has 90 valence electrons. The number of aryl methyl sites for hydroxylation is 1. The molecule has 1 N–H and O–H groups in total. The van der Waals surface area contributed by atoms with E-state index in [1.807, 2.05) is 19.1 Å². The molecule has 1 saturated heterocycles. The first-order valence-corrected chi connectivity index (χ1v) is 6.09. The molecule has 2 amide bonds. The summed E-state index contributed by atoms with van der Waals surface area (Å²) in [6.45, 7) is 1.90. The van der Waals surface area contributed by atoms with Gasteiger partial charge in [0.05, 0.1) is 13.0 Å². The predicted molar refractivity (Wildman–Crippen MR) is 66.3 cm³/mol. The van der Waals surface area contributed by atoms with Gasteiger partial charge in [-0.1, -0.05) is 28.1 Å². The Labute approximate surface area is 107 Å². The second kappa shape index (κ2) is 4.49. The van der Waals surface area contributed by atoms with Crippen LogP contribution in [0, 0.1) is 6.92 Å². The maximum Gasteiger partial charge on any atom is 0.241 e. The first-order chi connectivity index (χ1) is 8.04. The smallest absolute Gasteiger partial charge is 0.241 e. The maximum absolute atomic E-state index is 11.7. The highest BCUT2D eigenvalue weighted by molar-refractivity contribution is 9.10. The fourth-order valence-electron chi connectivity index (χ4n) is 1.97. The Bertz CT molecular complexity index is 487. The van der Waals surface area contributed by atoms with Crippen LogP contribution in [0.3, 0.4) is 0 Å². The Morgan fingerprint density at radius 3 is 2.47 bits per heavy atom. The summed E-state index contributed by atoms with van der Waals surface area (Å²) >= 11 is 3.24. The van der Waals surface area contributed by atoms with E-state index in [9.17, 15) is 9.59 Å². The van der Waals surface area contributed by atoms with Crippen LogP contribution in [0.25, 0.3) is 0 Å². The molecule has 1 heterocycles. The van der Waals surface area contributed by atoms with Crippen LogP contribution in [0.5, 0.6) is 5.75 Å². The number of alkyl halides is 1. The monoisotopic (exact) mass is 297 g/mol. The molecule has 0 spiro atoms. The molecule has 2 unspecified atom stereocenters. The molecule has 2 rings (SSSR count). The SMILES string of the molecule is COc1ccc(C2C(=O)NC(=O)C2Br)cc1C. The Morgan fingerprint density at radius 1 is 1.29 bits per heavy atom. The van der Waals surface area contributed by atoms with Gasteiger partial charge in [0.2, 0.25) is 11.8 Å². The first-order valence-electron chi connectivity index (χ1n) is 5.18. The number of carbonyl (C=O) groups excluding carboxylic acids is 2. The summed E-state index contributed by atoms with van der Waals surface area (Å²) in [5.41, 5.74) is 1.75. The van der Waals surface area contributed by atoms with Gasteiger partial charge >= 0.3 is 0 Å². The van der Waals surface area contributed by atoms with Crippen molar-refractivity contribution in [3.63, 3.8) is 0 Å². The molecule has 17 heavy (non-hydrogen) atoms. The van der Waals surface area contributed by atoms with E-state index in [0.29, 0.717) is 0 Å². The van der Waals surface area contributed by atoms with Gasteiger partial charge in [-0.25, -0.2) is 0 Å². The molecule has 0 radical (unpaired) electrons. The number of hydrogen-bond donors (Lipinski definition) is 1. The van der Waals surface area contributed by atoms with Gasteiger partial charge in [-0.3, -0.25) is 14.9 Å². The van der Waals surface area contributed by atoms with E-state index < -0.39 is 10.7 Å². The lowest BCUT2D eigenvalue weighted by atomic mass is 9.96. The molecule has 1 fully saturated rings. The third-order valence-electron chi connectivity index (χ3n) is 2.85.